The highest BCUT2D eigenvalue weighted by atomic mass is 32.1. The van der Waals surface area contributed by atoms with Gasteiger partial charge in [0.15, 0.2) is 0 Å². The second-order valence-electron chi connectivity index (χ2n) is 15.3. The Morgan fingerprint density at radius 1 is 0.310 bits per heavy atom. The zero-order valence-electron chi connectivity index (χ0n) is 31.3. The SMILES string of the molecule is c1ccc2c(c1)sc1c(-n3c4ccccc4c4c(-c5cc(-n6c7ccccc7c7ccccc76)cc(-n6c7ccccc7c7ccccc76)c5)cccc43)cccc12. The molecule has 270 valence electrons. The largest absolute Gasteiger partial charge is 0.309 e. The third-order valence-electron chi connectivity index (χ3n) is 12.2. The summed E-state index contributed by atoms with van der Waals surface area (Å²) in [6.45, 7) is 0. The number of para-hydroxylation sites is 5. The summed E-state index contributed by atoms with van der Waals surface area (Å²) in [5, 5.41) is 10.1. The van der Waals surface area contributed by atoms with Crippen LogP contribution in [0.25, 0.3) is 114 Å². The molecule has 4 aromatic heterocycles. The zero-order valence-corrected chi connectivity index (χ0v) is 32.1. The second kappa shape index (κ2) is 12.1. The van der Waals surface area contributed by atoms with Crippen LogP contribution in [0.15, 0.2) is 200 Å². The summed E-state index contributed by atoms with van der Waals surface area (Å²) in [7, 11) is 0. The first kappa shape index (κ1) is 31.8. The minimum absolute atomic E-state index is 1.13. The number of aromatic nitrogens is 3. The fourth-order valence-electron chi connectivity index (χ4n) is 9.84. The smallest absolute Gasteiger partial charge is 0.0640 e. The van der Waals surface area contributed by atoms with E-state index in [9.17, 15) is 0 Å². The number of hydrogen-bond acceptors (Lipinski definition) is 1. The Labute approximate surface area is 337 Å². The van der Waals surface area contributed by atoms with Gasteiger partial charge in [-0.1, -0.05) is 133 Å². The van der Waals surface area contributed by atoms with Crippen molar-refractivity contribution in [2.45, 2.75) is 0 Å². The van der Waals surface area contributed by atoms with Crippen molar-refractivity contribution in [3.63, 3.8) is 0 Å². The molecule has 0 aliphatic carbocycles. The van der Waals surface area contributed by atoms with Gasteiger partial charge < -0.3 is 13.7 Å². The predicted molar refractivity (Wildman–Crippen MR) is 248 cm³/mol. The van der Waals surface area contributed by atoms with Crippen LogP contribution in [0.2, 0.25) is 0 Å². The standard InChI is InChI=1S/C54H33N3S/c1-7-23-45-38(15-1)39-16-2-8-24-46(39)55(45)35-31-34(32-36(33-35)56-47-25-9-3-17-40(47)41-18-4-10-26-48(41)56)37-21-13-28-50-53(37)44-20-5-11-27-49(44)57(50)51-29-14-22-43-42-19-6-12-30-52(42)58-54(43)51/h1-33H. The van der Waals surface area contributed by atoms with Crippen LogP contribution >= 0.6 is 11.3 Å². The highest BCUT2D eigenvalue weighted by Gasteiger charge is 2.21. The van der Waals surface area contributed by atoms with E-state index in [4.69, 9.17) is 0 Å². The maximum atomic E-state index is 2.50. The second-order valence-corrected chi connectivity index (χ2v) is 16.3. The van der Waals surface area contributed by atoms with Gasteiger partial charge in [-0.25, -0.2) is 0 Å². The normalized spacial score (nSPS) is 12.1. The van der Waals surface area contributed by atoms with Gasteiger partial charge in [0.05, 0.1) is 43.5 Å². The molecule has 4 heterocycles. The van der Waals surface area contributed by atoms with Crippen LogP contribution in [0, 0.1) is 0 Å². The van der Waals surface area contributed by atoms with Gasteiger partial charge in [0.25, 0.3) is 0 Å². The maximum absolute atomic E-state index is 2.50. The molecule has 0 atom stereocenters. The van der Waals surface area contributed by atoms with Gasteiger partial charge in [0.2, 0.25) is 0 Å². The minimum Gasteiger partial charge on any atom is -0.309 e. The van der Waals surface area contributed by atoms with E-state index in [1.54, 1.807) is 0 Å². The molecule has 0 amide bonds. The summed E-state index contributed by atoms with van der Waals surface area (Å²) < 4.78 is 10.0. The van der Waals surface area contributed by atoms with Crippen molar-refractivity contribution < 1.29 is 0 Å². The third kappa shape index (κ3) is 4.38. The first-order valence-electron chi connectivity index (χ1n) is 19.9. The topological polar surface area (TPSA) is 14.8 Å². The Morgan fingerprint density at radius 3 is 1.31 bits per heavy atom. The van der Waals surface area contributed by atoms with E-state index >= 15 is 0 Å². The fourth-order valence-corrected chi connectivity index (χ4v) is 11.0. The van der Waals surface area contributed by atoms with Crippen molar-refractivity contribution in [2.24, 2.45) is 0 Å². The van der Waals surface area contributed by atoms with Crippen molar-refractivity contribution in [3.05, 3.63) is 200 Å². The fraction of sp³-hybridized carbons (Fsp3) is 0. The lowest BCUT2D eigenvalue weighted by molar-refractivity contribution is 1.13. The lowest BCUT2D eigenvalue weighted by atomic mass is 9.98. The average molecular weight is 756 g/mol. The van der Waals surface area contributed by atoms with Gasteiger partial charge in [-0.2, -0.15) is 0 Å². The molecule has 0 aliphatic rings. The summed E-state index contributed by atoms with van der Waals surface area (Å²) in [4.78, 5) is 0. The lowest BCUT2D eigenvalue weighted by Crippen LogP contribution is -2.00. The molecule has 0 aliphatic heterocycles. The van der Waals surface area contributed by atoms with Crippen LogP contribution in [0.4, 0.5) is 0 Å². The molecular formula is C54H33N3S. The van der Waals surface area contributed by atoms with E-state index in [0.29, 0.717) is 0 Å². The van der Waals surface area contributed by atoms with Crippen molar-refractivity contribution in [2.75, 3.05) is 0 Å². The summed E-state index contributed by atoms with van der Waals surface area (Å²) in [6.07, 6.45) is 0. The first-order valence-corrected chi connectivity index (χ1v) is 20.7. The Hall–Kier alpha value is -7.40. The average Bonchev–Trinajstić information content (AvgIpc) is 4.03. The number of benzene rings is 9. The molecule has 0 fully saturated rings. The minimum atomic E-state index is 1.13. The number of thiophene rings is 1. The maximum Gasteiger partial charge on any atom is 0.0640 e. The van der Waals surface area contributed by atoms with E-state index in [-0.39, 0.29) is 0 Å². The highest BCUT2D eigenvalue weighted by molar-refractivity contribution is 7.26. The van der Waals surface area contributed by atoms with E-state index in [1.165, 1.54) is 102 Å². The first-order chi connectivity index (χ1) is 28.8. The summed E-state index contributed by atoms with van der Waals surface area (Å²) >= 11 is 1.88. The molecule has 0 spiro atoms. The van der Waals surface area contributed by atoms with Gasteiger partial charge in [0.1, 0.15) is 0 Å². The molecule has 0 saturated heterocycles. The molecule has 0 unspecified atom stereocenters. The number of rotatable bonds is 4. The number of hydrogen-bond donors (Lipinski definition) is 0. The molecule has 13 aromatic rings. The van der Waals surface area contributed by atoms with Crippen LogP contribution in [-0.4, -0.2) is 13.7 Å². The summed E-state index contributed by atoms with van der Waals surface area (Å²) in [6, 6.07) is 73.8. The van der Waals surface area contributed by atoms with E-state index in [2.05, 4.69) is 214 Å². The molecule has 3 nitrogen and oxygen atoms in total. The molecule has 13 rings (SSSR count). The monoisotopic (exact) mass is 755 g/mol. The molecule has 0 radical (unpaired) electrons. The van der Waals surface area contributed by atoms with Gasteiger partial charge in [-0.05, 0) is 77.9 Å². The molecule has 0 bridgehead atoms. The van der Waals surface area contributed by atoms with Gasteiger partial charge in [-0.3, -0.25) is 0 Å². The summed E-state index contributed by atoms with van der Waals surface area (Å²) in [5.41, 5.74) is 13.0. The van der Waals surface area contributed by atoms with Crippen molar-refractivity contribution in [1.29, 1.82) is 0 Å². The molecule has 9 aromatic carbocycles. The Morgan fingerprint density at radius 2 is 0.741 bits per heavy atom. The van der Waals surface area contributed by atoms with E-state index < -0.39 is 0 Å². The number of nitrogens with zero attached hydrogens (tertiary/aromatic N) is 3. The van der Waals surface area contributed by atoms with Crippen LogP contribution in [0.3, 0.4) is 0 Å². The van der Waals surface area contributed by atoms with Crippen LogP contribution in [-0.2, 0) is 0 Å². The van der Waals surface area contributed by atoms with Crippen molar-refractivity contribution in [1.82, 2.24) is 13.7 Å². The highest BCUT2D eigenvalue weighted by Crippen LogP contribution is 2.44. The molecule has 4 heteroatoms. The van der Waals surface area contributed by atoms with Gasteiger partial charge in [-0.15, -0.1) is 11.3 Å². The van der Waals surface area contributed by atoms with Crippen molar-refractivity contribution >= 4 is 96.9 Å². The molecule has 0 saturated carbocycles. The molecular weight excluding hydrogens is 723 g/mol. The Kier molecular flexibility index (Phi) is 6.60. The van der Waals surface area contributed by atoms with Gasteiger partial charge in [0, 0.05) is 59.2 Å². The third-order valence-corrected chi connectivity index (χ3v) is 13.4. The molecule has 58 heavy (non-hydrogen) atoms. The predicted octanol–water partition coefficient (Wildman–Crippen LogP) is 15.0. The quantitative estimate of drug-likeness (QED) is 0.170. The number of fused-ring (bicyclic) bond motifs is 12. The molecule has 0 N–H and O–H groups in total. The van der Waals surface area contributed by atoms with Crippen LogP contribution in [0.5, 0.6) is 0 Å². The van der Waals surface area contributed by atoms with Crippen LogP contribution < -0.4 is 0 Å². The zero-order chi connectivity index (χ0) is 37.9. The Bertz CT molecular complexity index is 3580. The van der Waals surface area contributed by atoms with E-state index in [1.807, 2.05) is 11.3 Å². The van der Waals surface area contributed by atoms with Gasteiger partial charge >= 0.3 is 0 Å². The lowest BCUT2D eigenvalue weighted by Gasteiger charge is -2.16. The van der Waals surface area contributed by atoms with Crippen LogP contribution in [0.1, 0.15) is 0 Å². The summed E-state index contributed by atoms with van der Waals surface area (Å²) in [5.74, 6) is 0. The Balaban J connectivity index is 1.15. The van der Waals surface area contributed by atoms with Crippen molar-refractivity contribution in [3.8, 4) is 28.2 Å². The van der Waals surface area contributed by atoms with E-state index in [0.717, 1.165) is 11.4 Å².